The fourth-order valence-electron chi connectivity index (χ4n) is 1.83. The zero-order valence-corrected chi connectivity index (χ0v) is 12.6. The number of nitrogens with one attached hydrogen (secondary N) is 1. The second-order valence-electron chi connectivity index (χ2n) is 4.06. The summed E-state index contributed by atoms with van der Waals surface area (Å²) in [5, 5.41) is 7.73. The Kier molecular flexibility index (Phi) is 3.37. The summed E-state index contributed by atoms with van der Waals surface area (Å²) >= 11 is 13.3. The van der Waals surface area contributed by atoms with Crippen molar-refractivity contribution in [3.63, 3.8) is 0 Å². The molecule has 2 aromatic heterocycles. The second kappa shape index (κ2) is 5.05. The number of amides is 1. The average Bonchev–Trinajstić information content (AvgIpc) is 2.93. The molecule has 1 aromatic carbocycles. The van der Waals surface area contributed by atoms with Crippen molar-refractivity contribution < 1.29 is 4.79 Å². The molecule has 3 aromatic rings. The van der Waals surface area contributed by atoms with Crippen LogP contribution in [-0.4, -0.2) is 20.5 Å². The van der Waals surface area contributed by atoms with Gasteiger partial charge in [0.1, 0.15) is 5.51 Å². The number of imidazole rings is 1. The van der Waals surface area contributed by atoms with Gasteiger partial charge in [-0.15, -0.1) is 0 Å². The summed E-state index contributed by atoms with van der Waals surface area (Å²) in [5.41, 5.74) is 3.08. The third-order valence-electron chi connectivity index (χ3n) is 2.71. The van der Waals surface area contributed by atoms with Crippen molar-refractivity contribution in [2.24, 2.45) is 0 Å². The lowest BCUT2D eigenvalue weighted by molar-refractivity contribution is 0.102. The molecule has 3 rings (SSSR count). The number of aromatic nitrogens is 3. The van der Waals surface area contributed by atoms with Crippen molar-refractivity contribution in [1.82, 2.24) is 14.6 Å². The zero-order chi connectivity index (χ0) is 14.3. The minimum absolute atomic E-state index is 0.329. The summed E-state index contributed by atoms with van der Waals surface area (Å²) in [5.74, 6) is -0.329. The minimum Gasteiger partial charge on any atom is -0.319 e. The topological polar surface area (TPSA) is 59.3 Å². The predicted molar refractivity (Wildman–Crippen MR) is 80.0 cm³/mol. The van der Waals surface area contributed by atoms with E-state index in [0.717, 1.165) is 0 Å². The van der Waals surface area contributed by atoms with Crippen molar-refractivity contribution in [2.75, 3.05) is 5.32 Å². The molecule has 1 amide bonds. The quantitative estimate of drug-likeness (QED) is 0.781. The predicted octanol–water partition coefficient (Wildman–Crippen LogP) is 3.66. The van der Waals surface area contributed by atoms with Crippen molar-refractivity contribution in [3.8, 4) is 0 Å². The number of hydrogen-bond acceptors (Lipinski definition) is 4. The third-order valence-corrected chi connectivity index (χ3v) is 3.95. The molecule has 0 aliphatic carbocycles. The maximum atomic E-state index is 12.4. The van der Waals surface area contributed by atoms with Gasteiger partial charge in [0.05, 0.1) is 16.4 Å². The molecule has 2 heterocycles. The molecule has 20 heavy (non-hydrogen) atoms. The van der Waals surface area contributed by atoms with Crippen molar-refractivity contribution in [1.29, 1.82) is 0 Å². The number of aryl methyl sites for hydroxylation is 1. The summed E-state index contributed by atoms with van der Waals surface area (Å²) in [6.45, 7) is 1.76. The van der Waals surface area contributed by atoms with Gasteiger partial charge in [0, 0.05) is 5.02 Å². The molecule has 0 spiro atoms. The lowest BCUT2D eigenvalue weighted by atomic mass is 10.3. The Labute approximate surface area is 128 Å². The molecule has 0 radical (unpaired) electrons. The monoisotopic (exact) mass is 326 g/mol. The van der Waals surface area contributed by atoms with Gasteiger partial charge in [-0.1, -0.05) is 34.5 Å². The molecule has 0 aliphatic heterocycles. The maximum Gasteiger partial charge on any atom is 0.276 e. The minimum atomic E-state index is -0.329. The third kappa shape index (κ3) is 2.26. The van der Waals surface area contributed by atoms with Crippen molar-refractivity contribution >= 4 is 51.1 Å². The molecule has 1 N–H and O–H groups in total. The molecule has 0 saturated heterocycles. The van der Waals surface area contributed by atoms with E-state index in [1.54, 1.807) is 30.6 Å². The molecule has 0 saturated carbocycles. The van der Waals surface area contributed by atoms with Gasteiger partial charge < -0.3 is 5.32 Å². The molecule has 0 aliphatic rings. The number of fused-ring (bicyclic) bond motifs is 1. The summed E-state index contributed by atoms with van der Waals surface area (Å²) < 4.78 is 1.51. The van der Waals surface area contributed by atoms with Gasteiger partial charge in [0.15, 0.2) is 5.69 Å². The number of halogens is 2. The van der Waals surface area contributed by atoms with Crippen LogP contribution in [0, 0.1) is 6.92 Å². The number of hydrogen-bond donors (Lipinski definition) is 1. The van der Waals surface area contributed by atoms with Gasteiger partial charge in [-0.05, 0) is 25.1 Å². The van der Waals surface area contributed by atoms with Crippen LogP contribution in [0.2, 0.25) is 10.0 Å². The Balaban J connectivity index is 1.99. The first-order valence-corrected chi connectivity index (χ1v) is 7.25. The smallest absolute Gasteiger partial charge is 0.276 e. The summed E-state index contributed by atoms with van der Waals surface area (Å²) in [6.07, 6.45) is 0. The van der Waals surface area contributed by atoms with Gasteiger partial charge in [0.25, 0.3) is 5.91 Å². The van der Waals surface area contributed by atoms with Gasteiger partial charge in [0.2, 0.25) is 4.96 Å². The Bertz CT molecular complexity index is 811. The highest BCUT2D eigenvalue weighted by molar-refractivity contribution is 7.14. The van der Waals surface area contributed by atoms with Gasteiger partial charge in [-0.2, -0.15) is 9.61 Å². The van der Waals surface area contributed by atoms with Gasteiger partial charge >= 0.3 is 0 Å². The van der Waals surface area contributed by atoms with Crippen LogP contribution in [0.25, 0.3) is 4.96 Å². The SMILES string of the molecule is Cc1nc2scnn2c1C(=O)Nc1cc(Cl)ccc1Cl. The van der Waals surface area contributed by atoms with E-state index >= 15 is 0 Å². The Morgan fingerprint density at radius 2 is 2.20 bits per heavy atom. The van der Waals surface area contributed by atoms with E-state index in [0.29, 0.717) is 32.1 Å². The molecular weight excluding hydrogens is 319 g/mol. The molecule has 102 valence electrons. The van der Waals surface area contributed by atoms with Crippen LogP contribution in [0.5, 0.6) is 0 Å². The number of benzene rings is 1. The molecule has 8 heteroatoms. The highest BCUT2D eigenvalue weighted by atomic mass is 35.5. The molecule has 0 atom stereocenters. The van der Waals surface area contributed by atoms with E-state index in [9.17, 15) is 4.79 Å². The molecule has 0 unspecified atom stereocenters. The van der Waals surface area contributed by atoms with E-state index < -0.39 is 0 Å². The van der Waals surface area contributed by atoms with Gasteiger partial charge in [-0.3, -0.25) is 4.79 Å². The van der Waals surface area contributed by atoms with E-state index in [2.05, 4.69) is 15.4 Å². The molecule has 0 bridgehead atoms. The number of rotatable bonds is 2. The van der Waals surface area contributed by atoms with Crippen LogP contribution in [-0.2, 0) is 0 Å². The first kappa shape index (κ1) is 13.4. The molecular formula is C12H8Cl2N4OS. The normalized spacial score (nSPS) is 10.9. The van der Waals surface area contributed by atoms with Crippen LogP contribution in [0.4, 0.5) is 5.69 Å². The lowest BCUT2D eigenvalue weighted by Crippen LogP contribution is -2.16. The first-order chi connectivity index (χ1) is 9.56. The van der Waals surface area contributed by atoms with Crippen molar-refractivity contribution in [3.05, 3.63) is 45.1 Å². The van der Waals surface area contributed by atoms with E-state index in [1.807, 2.05) is 0 Å². The van der Waals surface area contributed by atoms with Gasteiger partial charge in [-0.25, -0.2) is 4.98 Å². The van der Waals surface area contributed by atoms with Crippen LogP contribution in [0.15, 0.2) is 23.7 Å². The number of nitrogens with zero attached hydrogens (tertiary/aromatic N) is 3. The van der Waals surface area contributed by atoms with E-state index in [-0.39, 0.29) is 5.91 Å². The zero-order valence-electron chi connectivity index (χ0n) is 10.2. The molecule has 0 fully saturated rings. The number of carbonyl (C=O) groups excluding carboxylic acids is 1. The van der Waals surface area contributed by atoms with Crippen LogP contribution in [0.1, 0.15) is 16.2 Å². The Hall–Kier alpha value is -1.63. The van der Waals surface area contributed by atoms with E-state index in [1.165, 1.54) is 15.9 Å². The van der Waals surface area contributed by atoms with Crippen LogP contribution >= 0.6 is 34.5 Å². The average molecular weight is 327 g/mol. The summed E-state index contributed by atoms with van der Waals surface area (Å²) in [4.78, 5) is 17.3. The maximum absolute atomic E-state index is 12.4. The lowest BCUT2D eigenvalue weighted by Gasteiger charge is -2.07. The fourth-order valence-corrected chi connectivity index (χ4v) is 2.83. The van der Waals surface area contributed by atoms with Crippen molar-refractivity contribution in [2.45, 2.75) is 6.92 Å². The standard InChI is InChI=1S/C12H8Cl2N4OS/c1-6-10(18-12(16-6)20-5-15-18)11(19)17-9-4-7(13)2-3-8(9)14/h2-5H,1H3,(H,17,19). The van der Waals surface area contributed by atoms with Crippen LogP contribution in [0.3, 0.4) is 0 Å². The Morgan fingerprint density at radius 3 is 3.00 bits per heavy atom. The summed E-state index contributed by atoms with van der Waals surface area (Å²) in [7, 11) is 0. The van der Waals surface area contributed by atoms with Crippen LogP contribution < -0.4 is 5.32 Å². The summed E-state index contributed by atoms with van der Waals surface area (Å²) in [6, 6.07) is 4.87. The Morgan fingerprint density at radius 1 is 1.40 bits per heavy atom. The highest BCUT2D eigenvalue weighted by Gasteiger charge is 2.19. The van der Waals surface area contributed by atoms with E-state index in [4.69, 9.17) is 23.2 Å². The number of anilines is 1. The molecule has 5 nitrogen and oxygen atoms in total. The second-order valence-corrected chi connectivity index (χ2v) is 5.71. The highest BCUT2D eigenvalue weighted by Crippen LogP contribution is 2.26. The largest absolute Gasteiger partial charge is 0.319 e. The number of carbonyl (C=O) groups is 1. The fraction of sp³-hybridized carbons (Fsp3) is 0.0833. The first-order valence-electron chi connectivity index (χ1n) is 5.61.